The van der Waals surface area contributed by atoms with Gasteiger partial charge in [0, 0.05) is 17.6 Å². The van der Waals surface area contributed by atoms with Crippen LogP contribution in [0.5, 0.6) is 5.75 Å². The maximum atomic E-state index is 12.5. The van der Waals surface area contributed by atoms with Gasteiger partial charge in [-0.15, -0.1) is 11.8 Å². The molecule has 0 unspecified atom stereocenters. The molecule has 1 heterocycles. The summed E-state index contributed by atoms with van der Waals surface area (Å²) in [4.78, 5) is 16.8. The number of rotatable bonds is 7. The van der Waals surface area contributed by atoms with Crippen LogP contribution in [0.15, 0.2) is 78.0 Å². The van der Waals surface area contributed by atoms with Crippen LogP contribution in [0.25, 0.3) is 0 Å². The molecule has 1 atom stereocenters. The summed E-state index contributed by atoms with van der Waals surface area (Å²) in [5, 5.41) is 13.0. The molecular formula is C22H19N3O2S. The number of hydrogen-bond donors (Lipinski definition) is 1. The number of nitriles is 1. The molecule has 0 saturated carbocycles. The van der Waals surface area contributed by atoms with Crippen molar-refractivity contribution in [1.29, 1.82) is 5.26 Å². The van der Waals surface area contributed by atoms with Crippen LogP contribution < -0.4 is 10.1 Å². The van der Waals surface area contributed by atoms with E-state index in [-0.39, 0.29) is 5.91 Å². The van der Waals surface area contributed by atoms with Crippen molar-refractivity contribution in [3.8, 4) is 11.8 Å². The SMILES string of the molecule is C[C@H](Oc1ccccc1C#N)C(=O)Nc1cccc(CSc2ccccn2)c1. The van der Waals surface area contributed by atoms with Crippen LogP contribution in [0.4, 0.5) is 5.69 Å². The number of carbonyl (C=O) groups excluding carboxylic acids is 1. The van der Waals surface area contributed by atoms with Crippen molar-refractivity contribution in [2.45, 2.75) is 23.8 Å². The normalized spacial score (nSPS) is 11.3. The van der Waals surface area contributed by atoms with E-state index in [1.165, 1.54) is 0 Å². The zero-order valence-electron chi connectivity index (χ0n) is 15.3. The first kappa shape index (κ1) is 19.5. The van der Waals surface area contributed by atoms with Crippen molar-refractivity contribution < 1.29 is 9.53 Å². The molecule has 0 radical (unpaired) electrons. The van der Waals surface area contributed by atoms with Gasteiger partial charge < -0.3 is 10.1 Å². The van der Waals surface area contributed by atoms with Crippen molar-refractivity contribution in [1.82, 2.24) is 4.98 Å². The maximum Gasteiger partial charge on any atom is 0.265 e. The molecule has 0 aliphatic heterocycles. The minimum absolute atomic E-state index is 0.276. The first-order valence-corrected chi connectivity index (χ1v) is 9.73. The molecular weight excluding hydrogens is 370 g/mol. The summed E-state index contributed by atoms with van der Waals surface area (Å²) in [5.41, 5.74) is 2.18. The third-order valence-electron chi connectivity index (χ3n) is 3.90. The van der Waals surface area contributed by atoms with Crippen LogP contribution >= 0.6 is 11.8 Å². The highest BCUT2D eigenvalue weighted by molar-refractivity contribution is 7.98. The Labute approximate surface area is 168 Å². The molecule has 5 nitrogen and oxygen atoms in total. The highest BCUT2D eigenvalue weighted by Gasteiger charge is 2.16. The van der Waals surface area contributed by atoms with Gasteiger partial charge in [-0.25, -0.2) is 4.98 Å². The average molecular weight is 389 g/mol. The standard InChI is InChI=1S/C22H19N3O2S/c1-16(27-20-10-3-2-8-18(20)14-23)22(26)25-19-9-6-7-17(13-19)15-28-21-11-4-5-12-24-21/h2-13,16H,15H2,1H3,(H,25,26)/t16-/m0/s1. The highest BCUT2D eigenvalue weighted by atomic mass is 32.2. The monoisotopic (exact) mass is 389 g/mol. The number of para-hydroxylation sites is 1. The van der Waals surface area contributed by atoms with Gasteiger partial charge >= 0.3 is 0 Å². The van der Waals surface area contributed by atoms with E-state index in [1.807, 2.05) is 42.5 Å². The number of nitrogens with one attached hydrogen (secondary N) is 1. The Hall–Kier alpha value is -3.30. The molecule has 1 amide bonds. The van der Waals surface area contributed by atoms with E-state index in [9.17, 15) is 4.79 Å². The predicted octanol–water partition coefficient (Wildman–Crippen LogP) is 4.65. The fourth-order valence-electron chi connectivity index (χ4n) is 2.48. The van der Waals surface area contributed by atoms with Crippen LogP contribution in [0.2, 0.25) is 0 Å². The zero-order valence-corrected chi connectivity index (χ0v) is 16.1. The van der Waals surface area contributed by atoms with E-state index >= 15 is 0 Å². The summed E-state index contributed by atoms with van der Waals surface area (Å²) in [7, 11) is 0. The molecule has 3 rings (SSSR count). The second-order valence-electron chi connectivity index (χ2n) is 6.01. The van der Waals surface area contributed by atoms with Gasteiger partial charge in [0.15, 0.2) is 6.10 Å². The molecule has 2 aromatic carbocycles. The van der Waals surface area contributed by atoms with Gasteiger partial charge in [-0.1, -0.05) is 30.3 Å². The van der Waals surface area contributed by atoms with Gasteiger partial charge in [-0.3, -0.25) is 4.79 Å². The van der Waals surface area contributed by atoms with Crippen LogP contribution in [-0.2, 0) is 10.5 Å². The molecule has 28 heavy (non-hydrogen) atoms. The fourth-order valence-corrected chi connectivity index (χ4v) is 3.28. The lowest BCUT2D eigenvalue weighted by molar-refractivity contribution is -0.122. The molecule has 6 heteroatoms. The number of aromatic nitrogens is 1. The number of anilines is 1. The predicted molar refractivity (Wildman–Crippen MR) is 110 cm³/mol. The third kappa shape index (κ3) is 5.35. The summed E-state index contributed by atoms with van der Waals surface area (Å²) >= 11 is 1.63. The van der Waals surface area contributed by atoms with E-state index in [0.29, 0.717) is 17.0 Å². The quantitative estimate of drug-likeness (QED) is 0.595. The summed E-state index contributed by atoms with van der Waals surface area (Å²) < 4.78 is 5.66. The number of hydrogen-bond acceptors (Lipinski definition) is 5. The molecule has 0 spiro atoms. The van der Waals surface area contributed by atoms with E-state index in [2.05, 4.69) is 16.4 Å². The molecule has 140 valence electrons. The van der Waals surface area contributed by atoms with Gasteiger partial charge in [-0.05, 0) is 48.9 Å². The minimum Gasteiger partial charge on any atom is -0.480 e. The number of benzene rings is 2. The Balaban J connectivity index is 1.60. The molecule has 1 N–H and O–H groups in total. The number of nitrogens with zero attached hydrogens (tertiary/aromatic N) is 2. The molecule has 0 bridgehead atoms. The first-order chi connectivity index (χ1) is 13.7. The molecule has 0 saturated heterocycles. The summed E-state index contributed by atoms with van der Waals surface area (Å²) in [5.74, 6) is 0.873. The number of carbonyl (C=O) groups is 1. The van der Waals surface area contributed by atoms with Gasteiger partial charge in [0.25, 0.3) is 5.91 Å². The van der Waals surface area contributed by atoms with Crippen LogP contribution in [-0.4, -0.2) is 17.0 Å². The number of amides is 1. The molecule has 0 fully saturated rings. The van der Waals surface area contributed by atoms with Crippen molar-refractivity contribution in [3.05, 3.63) is 84.1 Å². The Bertz CT molecular complexity index is 986. The summed E-state index contributed by atoms with van der Waals surface area (Å²) in [6.45, 7) is 1.66. The second-order valence-corrected chi connectivity index (χ2v) is 7.01. The van der Waals surface area contributed by atoms with E-state index in [1.54, 1.807) is 49.1 Å². The lowest BCUT2D eigenvalue weighted by Gasteiger charge is -2.16. The highest BCUT2D eigenvalue weighted by Crippen LogP contribution is 2.23. The van der Waals surface area contributed by atoms with Crippen molar-refractivity contribution >= 4 is 23.4 Å². The van der Waals surface area contributed by atoms with Crippen LogP contribution in [0.3, 0.4) is 0 Å². The van der Waals surface area contributed by atoms with Gasteiger partial charge in [-0.2, -0.15) is 5.26 Å². The maximum absolute atomic E-state index is 12.5. The third-order valence-corrected chi connectivity index (χ3v) is 4.91. The Morgan fingerprint density at radius 3 is 2.79 bits per heavy atom. The smallest absolute Gasteiger partial charge is 0.265 e. The lowest BCUT2D eigenvalue weighted by atomic mass is 10.2. The van der Waals surface area contributed by atoms with Crippen molar-refractivity contribution in [3.63, 3.8) is 0 Å². The summed E-state index contributed by atoms with van der Waals surface area (Å²) in [6, 6.07) is 22.4. The minimum atomic E-state index is -0.735. The zero-order chi connectivity index (χ0) is 19.8. The van der Waals surface area contributed by atoms with Gasteiger partial charge in [0.2, 0.25) is 0 Å². The number of pyridine rings is 1. The van der Waals surface area contributed by atoms with Crippen LogP contribution in [0.1, 0.15) is 18.1 Å². The first-order valence-electron chi connectivity index (χ1n) is 8.75. The van der Waals surface area contributed by atoms with Gasteiger partial charge in [0.1, 0.15) is 11.8 Å². The second kappa shape index (κ2) is 9.58. The van der Waals surface area contributed by atoms with Crippen molar-refractivity contribution in [2.24, 2.45) is 0 Å². The molecule has 0 aliphatic carbocycles. The van der Waals surface area contributed by atoms with E-state index in [4.69, 9.17) is 10.00 Å². The Morgan fingerprint density at radius 2 is 2.00 bits per heavy atom. The summed E-state index contributed by atoms with van der Waals surface area (Å²) in [6.07, 6.45) is 1.03. The lowest BCUT2D eigenvalue weighted by Crippen LogP contribution is -2.30. The number of thioether (sulfide) groups is 1. The van der Waals surface area contributed by atoms with Gasteiger partial charge in [0.05, 0.1) is 10.6 Å². The Morgan fingerprint density at radius 1 is 1.18 bits per heavy atom. The van der Waals surface area contributed by atoms with E-state index < -0.39 is 6.10 Å². The van der Waals surface area contributed by atoms with E-state index in [0.717, 1.165) is 16.3 Å². The fraction of sp³-hybridized carbons (Fsp3) is 0.136. The van der Waals surface area contributed by atoms with Crippen LogP contribution in [0, 0.1) is 11.3 Å². The molecule has 0 aliphatic rings. The molecule has 3 aromatic rings. The largest absolute Gasteiger partial charge is 0.480 e. The topological polar surface area (TPSA) is 75.0 Å². The number of ether oxygens (including phenoxy) is 1. The van der Waals surface area contributed by atoms with Crippen molar-refractivity contribution in [2.75, 3.05) is 5.32 Å². The Kier molecular flexibility index (Phi) is 6.66. The molecule has 1 aromatic heterocycles. The average Bonchev–Trinajstić information content (AvgIpc) is 2.73.